The smallest absolute Gasteiger partial charge is 0.220 e. The molecule has 2 aromatic rings. The third kappa shape index (κ3) is 8.02. The van der Waals surface area contributed by atoms with Crippen LogP contribution in [0.4, 0.5) is 0 Å². The number of allylic oxidation sites excluding steroid dienone is 2. The second kappa shape index (κ2) is 14.9. The Morgan fingerprint density at radius 3 is 2.40 bits per heavy atom. The van der Waals surface area contributed by atoms with Crippen LogP contribution in [-0.4, -0.2) is 66.5 Å². The molecule has 0 bridgehead atoms. The van der Waals surface area contributed by atoms with Gasteiger partial charge in [-0.05, 0) is 77.3 Å². The van der Waals surface area contributed by atoms with E-state index in [4.69, 9.17) is 16.2 Å². The van der Waals surface area contributed by atoms with Gasteiger partial charge in [0.05, 0.1) is 21.5 Å². The van der Waals surface area contributed by atoms with E-state index in [-0.39, 0.29) is 17.1 Å². The molecule has 2 aromatic carbocycles. The highest BCUT2D eigenvalue weighted by molar-refractivity contribution is 14.1. The summed E-state index contributed by atoms with van der Waals surface area (Å²) in [6.07, 6.45) is 4.93. The molecular weight excluding hydrogens is 796 g/mol. The van der Waals surface area contributed by atoms with Crippen LogP contribution < -0.4 is 16.8 Å². The van der Waals surface area contributed by atoms with Crippen LogP contribution in [0.3, 0.4) is 0 Å². The lowest BCUT2D eigenvalue weighted by atomic mass is 9.83. The predicted octanol–water partition coefficient (Wildman–Crippen LogP) is 3.15. The zero-order valence-electron chi connectivity index (χ0n) is 23.4. The predicted molar refractivity (Wildman–Crippen MR) is 182 cm³/mol. The Labute approximate surface area is 279 Å². The molecule has 5 atom stereocenters. The van der Waals surface area contributed by atoms with Gasteiger partial charge in [-0.2, -0.15) is 0 Å². The van der Waals surface area contributed by atoms with Crippen LogP contribution in [0.15, 0.2) is 98.0 Å². The van der Waals surface area contributed by atoms with E-state index in [2.05, 4.69) is 5.32 Å². The van der Waals surface area contributed by atoms with Gasteiger partial charge in [0.15, 0.2) is 11.4 Å². The molecule has 3 unspecified atom stereocenters. The molecule has 0 amide bonds. The van der Waals surface area contributed by atoms with E-state index < -0.39 is 48.2 Å². The molecule has 12 heteroatoms. The maximum Gasteiger partial charge on any atom is 0.220 e. The summed E-state index contributed by atoms with van der Waals surface area (Å²) in [5.74, 6) is -1.63. The first kappa shape index (κ1) is 33.9. The third-order valence-electron chi connectivity index (χ3n) is 7.53. The number of hydrogen-bond donors (Lipinski definition) is 4. The molecule has 1 aliphatic carbocycles. The minimum absolute atomic E-state index is 0.0407. The van der Waals surface area contributed by atoms with E-state index >= 15 is 0 Å². The number of rotatable bonds is 12. The van der Waals surface area contributed by atoms with Gasteiger partial charge in [0.25, 0.3) is 0 Å². The number of sulfone groups is 1. The Morgan fingerprint density at radius 1 is 1.14 bits per heavy atom. The summed E-state index contributed by atoms with van der Waals surface area (Å²) in [6, 6.07) is 16.4. The molecule has 1 heterocycles. The van der Waals surface area contributed by atoms with Gasteiger partial charge in [-0.15, -0.1) is 0 Å². The zero-order valence-corrected chi connectivity index (χ0v) is 28.5. The zero-order chi connectivity index (χ0) is 31.2. The lowest BCUT2D eigenvalue weighted by molar-refractivity contribution is -0.146. The van der Waals surface area contributed by atoms with E-state index in [1.54, 1.807) is 30.4 Å². The van der Waals surface area contributed by atoms with Crippen molar-refractivity contribution in [2.45, 2.75) is 45.8 Å². The molecule has 0 saturated carbocycles. The normalized spacial score (nSPS) is 24.4. The molecule has 43 heavy (non-hydrogen) atoms. The fourth-order valence-corrected chi connectivity index (χ4v) is 8.88. The van der Waals surface area contributed by atoms with Gasteiger partial charge in [0.2, 0.25) is 15.6 Å². The Hall–Kier alpha value is -1.95. The van der Waals surface area contributed by atoms with Crippen LogP contribution in [0.2, 0.25) is 0 Å². The van der Waals surface area contributed by atoms with E-state index in [9.17, 15) is 23.1 Å². The number of benzene rings is 2. The van der Waals surface area contributed by atoms with Crippen LogP contribution in [0, 0.1) is 5.92 Å². The first-order chi connectivity index (χ1) is 20.4. The average Bonchev–Trinajstić information content (AvgIpc) is 3.02. The number of aliphatic hydroxyl groups is 1. The first-order valence-electron chi connectivity index (χ1n) is 13.9. The monoisotopic (exact) mass is 831 g/mol. The number of hydrogen-bond acceptors (Lipinski definition) is 9. The number of ether oxygens (including phenoxy) is 1. The molecule has 0 spiro atoms. The highest BCUT2D eigenvalue weighted by Gasteiger charge is 2.49. The molecular formula is C31H35I2N3O6S. The largest absolute Gasteiger partial charge is 0.389 e. The van der Waals surface area contributed by atoms with Crippen LogP contribution in [0.5, 0.6) is 0 Å². The quantitative estimate of drug-likeness (QED) is 0.186. The average molecular weight is 832 g/mol. The summed E-state index contributed by atoms with van der Waals surface area (Å²) >= 11 is 3.97. The fourth-order valence-electron chi connectivity index (χ4n) is 5.05. The molecule has 0 aromatic heterocycles. The van der Waals surface area contributed by atoms with Crippen molar-refractivity contribution in [3.05, 3.63) is 98.6 Å². The summed E-state index contributed by atoms with van der Waals surface area (Å²) in [7, 11) is -4.00. The number of Topliss-reactive ketones (excluding diaryl/α,β-unsaturated/α-hetero) is 2. The first-order valence-corrected chi connectivity index (χ1v) is 17.7. The molecule has 1 aliphatic heterocycles. The van der Waals surface area contributed by atoms with Crippen molar-refractivity contribution < 1.29 is 27.9 Å². The van der Waals surface area contributed by atoms with Gasteiger partial charge < -0.3 is 26.6 Å². The van der Waals surface area contributed by atoms with E-state index in [0.717, 1.165) is 5.56 Å². The second-order valence-corrected chi connectivity index (χ2v) is 15.0. The summed E-state index contributed by atoms with van der Waals surface area (Å²) in [5.41, 5.74) is 12.5. The molecule has 1 fully saturated rings. The van der Waals surface area contributed by atoms with Crippen molar-refractivity contribution in [1.29, 1.82) is 0 Å². The van der Waals surface area contributed by atoms with Crippen molar-refractivity contribution >= 4 is 66.6 Å². The van der Waals surface area contributed by atoms with Crippen molar-refractivity contribution in [3.8, 4) is 0 Å². The van der Waals surface area contributed by atoms with Gasteiger partial charge in [0, 0.05) is 22.6 Å². The number of nitrogens with one attached hydrogen (secondary N) is 1. The summed E-state index contributed by atoms with van der Waals surface area (Å²) < 4.78 is 31.7. The summed E-state index contributed by atoms with van der Waals surface area (Å²) in [4.78, 5) is 27.0. The summed E-state index contributed by atoms with van der Waals surface area (Å²) in [6.45, 7) is 1.35. The third-order valence-corrected chi connectivity index (χ3v) is 11.6. The Morgan fingerprint density at radius 2 is 1.79 bits per heavy atom. The maximum atomic E-state index is 13.7. The van der Waals surface area contributed by atoms with E-state index in [1.807, 2.05) is 75.5 Å². The minimum Gasteiger partial charge on any atom is -0.389 e. The van der Waals surface area contributed by atoms with Crippen LogP contribution in [-0.2, 0) is 30.6 Å². The SMILES string of the molecule is NC(=C[C@H](CCc1ccccc1)C(=O)[C@@H](N)CC1=CC(I)C(O)(C(=O)C2CNCCO2)C(I)=C1)S(=O)(=O)c1ccccc1. The molecule has 4 rings (SSSR count). The number of aryl methyl sites for hydroxylation is 1. The maximum absolute atomic E-state index is 13.7. The van der Waals surface area contributed by atoms with Gasteiger partial charge in [-0.3, -0.25) is 9.59 Å². The molecule has 6 N–H and O–H groups in total. The highest BCUT2D eigenvalue weighted by Crippen LogP contribution is 2.40. The van der Waals surface area contributed by atoms with Crippen LogP contribution in [0.25, 0.3) is 0 Å². The lowest BCUT2D eigenvalue weighted by Gasteiger charge is -2.37. The molecule has 1 saturated heterocycles. The van der Waals surface area contributed by atoms with E-state index in [1.165, 1.54) is 18.2 Å². The van der Waals surface area contributed by atoms with Gasteiger partial charge >= 0.3 is 0 Å². The number of halogens is 2. The molecule has 9 nitrogen and oxygen atoms in total. The Kier molecular flexibility index (Phi) is 11.7. The van der Waals surface area contributed by atoms with Gasteiger partial charge in [-0.25, -0.2) is 8.42 Å². The van der Waals surface area contributed by atoms with Crippen LogP contribution in [0.1, 0.15) is 18.4 Å². The van der Waals surface area contributed by atoms with Crippen molar-refractivity contribution in [2.24, 2.45) is 17.4 Å². The van der Waals surface area contributed by atoms with Crippen molar-refractivity contribution in [2.75, 3.05) is 19.7 Å². The standard InChI is InChI=1S/C31H35I2N3O6S/c32-26-16-21(17-27(33)31(26,39)30(38)25-19-36-13-14-42-25)15-24(34)29(37)22(12-11-20-7-3-1-4-8-20)18-28(35)43(40,41)23-9-5-2-6-10-23/h1-10,16-18,22,24-26,36,39H,11-15,19,34-35H2/t22-,24-,25?,26?,31?/m0/s1. The molecule has 230 valence electrons. The number of morpholine rings is 1. The van der Waals surface area contributed by atoms with Crippen molar-refractivity contribution in [1.82, 2.24) is 5.32 Å². The summed E-state index contributed by atoms with van der Waals surface area (Å²) in [5, 5.41) is 14.2. The van der Waals surface area contributed by atoms with Gasteiger partial charge in [0.1, 0.15) is 11.1 Å². The molecule has 0 radical (unpaired) electrons. The van der Waals surface area contributed by atoms with E-state index in [0.29, 0.717) is 41.7 Å². The Bertz CT molecular complexity index is 1510. The number of carbonyl (C=O) groups excluding carboxylic acids is 2. The van der Waals surface area contributed by atoms with Crippen LogP contribution >= 0.6 is 45.2 Å². The molecule has 2 aliphatic rings. The number of alkyl halides is 1. The number of nitrogens with two attached hydrogens (primary N) is 2. The fraction of sp³-hybridized carbons (Fsp3) is 0.355. The lowest BCUT2D eigenvalue weighted by Crippen LogP contribution is -2.57. The highest BCUT2D eigenvalue weighted by atomic mass is 127. The topological polar surface area (TPSA) is 162 Å². The minimum atomic E-state index is -4.00. The Balaban J connectivity index is 1.54. The van der Waals surface area contributed by atoms with Crippen molar-refractivity contribution in [3.63, 3.8) is 0 Å². The number of ketones is 2. The van der Waals surface area contributed by atoms with Gasteiger partial charge in [-0.1, -0.05) is 77.2 Å². The number of carbonyl (C=O) groups is 2. The second-order valence-electron chi connectivity index (χ2n) is 10.6.